The summed E-state index contributed by atoms with van der Waals surface area (Å²) in [5.74, 6) is 0.725. The molecule has 0 aliphatic rings. The van der Waals surface area contributed by atoms with E-state index in [0.29, 0.717) is 6.42 Å². The van der Waals surface area contributed by atoms with E-state index in [2.05, 4.69) is 6.07 Å². The third-order valence-electron chi connectivity index (χ3n) is 2.34. The molecule has 1 atom stereocenters. The molecule has 0 N–H and O–H groups in total. The van der Waals surface area contributed by atoms with Crippen molar-refractivity contribution in [3.63, 3.8) is 0 Å². The lowest BCUT2D eigenvalue weighted by Gasteiger charge is -2.06. The number of rotatable bonds is 3. The quantitative estimate of drug-likeness (QED) is 0.758. The fraction of sp³-hybridized carbons (Fsp3) is 0.154. The molecule has 0 saturated carbocycles. The number of benzene rings is 1. The molecule has 0 bridgehead atoms. The van der Waals surface area contributed by atoms with E-state index in [1.54, 1.807) is 6.26 Å². The lowest BCUT2D eigenvalue weighted by Crippen LogP contribution is -1.98. The Kier molecular flexibility index (Phi) is 2.85. The van der Waals surface area contributed by atoms with Gasteiger partial charge in [0.2, 0.25) is 0 Å². The molecule has 2 rings (SSSR count). The van der Waals surface area contributed by atoms with Gasteiger partial charge in [-0.3, -0.25) is 0 Å². The van der Waals surface area contributed by atoms with Gasteiger partial charge in [-0.2, -0.15) is 5.26 Å². The van der Waals surface area contributed by atoms with Crippen LogP contribution >= 0.6 is 0 Å². The second-order valence-corrected chi connectivity index (χ2v) is 3.38. The highest BCUT2D eigenvalue weighted by Gasteiger charge is 2.12. The predicted octanol–water partition coefficient (Wildman–Crippen LogP) is 3.13. The minimum absolute atomic E-state index is 0.127. The first-order valence-corrected chi connectivity index (χ1v) is 4.87. The van der Waals surface area contributed by atoms with E-state index in [0.717, 1.165) is 11.3 Å². The molecule has 1 aromatic carbocycles. The van der Waals surface area contributed by atoms with E-state index in [1.165, 1.54) is 0 Å². The van der Waals surface area contributed by atoms with E-state index in [4.69, 9.17) is 9.68 Å². The largest absolute Gasteiger partial charge is 0.469 e. The SMILES string of the molecule is N#C[C@H](Cc1ccco1)c1ccccc1. The van der Waals surface area contributed by atoms with E-state index < -0.39 is 0 Å². The number of furan rings is 1. The van der Waals surface area contributed by atoms with Crippen LogP contribution in [0.2, 0.25) is 0 Å². The first-order valence-electron chi connectivity index (χ1n) is 4.87. The summed E-state index contributed by atoms with van der Waals surface area (Å²) < 4.78 is 5.24. The molecule has 0 saturated heterocycles. The lowest BCUT2D eigenvalue weighted by molar-refractivity contribution is 0.501. The Morgan fingerprint density at radius 3 is 2.53 bits per heavy atom. The smallest absolute Gasteiger partial charge is 0.105 e. The molecule has 0 fully saturated rings. The van der Waals surface area contributed by atoms with Gasteiger partial charge in [0.15, 0.2) is 0 Å². The molecular formula is C13H11NO. The van der Waals surface area contributed by atoms with Crippen molar-refractivity contribution < 1.29 is 4.42 Å². The Morgan fingerprint density at radius 1 is 1.13 bits per heavy atom. The maximum Gasteiger partial charge on any atom is 0.105 e. The second-order valence-electron chi connectivity index (χ2n) is 3.38. The second kappa shape index (κ2) is 4.47. The number of nitriles is 1. The van der Waals surface area contributed by atoms with Crippen molar-refractivity contribution in [3.8, 4) is 6.07 Å². The fourth-order valence-corrected chi connectivity index (χ4v) is 1.55. The molecule has 0 aliphatic carbocycles. The van der Waals surface area contributed by atoms with Gasteiger partial charge in [0, 0.05) is 6.42 Å². The summed E-state index contributed by atoms with van der Waals surface area (Å²) in [6, 6.07) is 15.8. The van der Waals surface area contributed by atoms with Crippen molar-refractivity contribution >= 4 is 0 Å². The van der Waals surface area contributed by atoms with Crippen LogP contribution in [0.1, 0.15) is 17.2 Å². The summed E-state index contributed by atoms with van der Waals surface area (Å²) in [7, 11) is 0. The van der Waals surface area contributed by atoms with Crippen molar-refractivity contribution in [3.05, 3.63) is 60.1 Å². The van der Waals surface area contributed by atoms with Crippen LogP contribution in [-0.2, 0) is 6.42 Å². The minimum atomic E-state index is -0.127. The van der Waals surface area contributed by atoms with Gasteiger partial charge in [-0.1, -0.05) is 30.3 Å². The van der Waals surface area contributed by atoms with Gasteiger partial charge in [0.25, 0.3) is 0 Å². The Morgan fingerprint density at radius 2 is 1.93 bits per heavy atom. The van der Waals surface area contributed by atoms with Crippen LogP contribution in [0.3, 0.4) is 0 Å². The first-order chi connectivity index (χ1) is 7.40. The highest BCUT2D eigenvalue weighted by molar-refractivity contribution is 5.26. The summed E-state index contributed by atoms with van der Waals surface area (Å²) in [6.45, 7) is 0. The Labute approximate surface area is 88.8 Å². The van der Waals surface area contributed by atoms with Crippen molar-refractivity contribution in [2.24, 2.45) is 0 Å². The third-order valence-corrected chi connectivity index (χ3v) is 2.34. The van der Waals surface area contributed by atoms with Crippen molar-refractivity contribution in [1.29, 1.82) is 5.26 Å². The molecule has 0 aliphatic heterocycles. The fourth-order valence-electron chi connectivity index (χ4n) is 1.55. The van der Waals surface area contributed by atoms with Crippen LogP contribution in [-0.4, -0.2) is 0 Å². The van der Waals surface area contributed by atoms with Crippen LogP contribution in [0.5, 0.6) is 0 Å². The van der Waals surface area contributed by atoms with Crippen LogP contribution in [0.25, 0.3) is 0 Å². The molecule has 1 aromatic heterocycles. The van der Waals surface area contributed by atoms with Gasteiger partial charge < -0.3 is 4.42 Å². The van der Waals surface area contributed by atoms with Gasteiger partial charge in [-0.15, -0.1) is 0 Å². The number of hydrogen-bond acceptors (Lipinski definition) is 2. The molecule has 2 heteroatoms. The van der Waals surface area contributed by atoms with E-state index in [-0.39, 0.29) is 5.92 Å². The van der Waals surface area contributed by atoms with Gasteiger partial charge in [0.05, 0.1) is 18.3 Å². The normalized spacial score (nSPS) is 11.9. The monoisotopic (exact) mass is 197 g/mol. The zero-order valence-electron chi connectivity index (χ0n) is 8.26. The van der Waals surface area contributed by atoms with Gasteiger partial charge in [-0.05, 0) is 17.7 Å². The molecule has 0 radical (unpaired) electrons. The zero-order valence-corrected chi connectivity index (χ0v) is 8.26. The predicted molar refractivity (Wildman–Crippen MR) is 57.2 cm³/mol. The highest BCUT2D eigenvalue weighted by atomic mass is 16.3. The zero-order chi connectivity index (χ0) is 10.5. The van der Waals surface area contributed by atoms with Crippen molar-refractivity contribution in [1.82, 2.24) is 0 Å². The average molecular weight is 197 g/mol. The molecule has 0 spiro atoms. The number of hydrogen-bond donors (Lipinski definition) is 0. The van der Waals surface area contributed by atoms with Crippen molar-refractivity contribution in [2.45, 2.75) is 12.3 Å². The summed E-state index contributed by atoms with van der Waals surface area (Å²) in [5, 5.41) is 9.09. The van der Waals surface area contributed by atoms with E-state index >= 15 is 0 Å². The molecule has 2 aromatic rings. The Balaban J connectivity index is 2.16. The molecule has 2 nitrogen and oxygen atoms in total. The lowest BCUT2D eigenvalue weighted by atomic mass is 9.96. The third kappa shape index (κ3) is 2.26. The maximum absolute atomic E-state index is 9.09. The van der Waals surface area contributed by atoms with Gasteiger partial charge in [0.1, 0.15) is 5.76 Å². The van der Waals surface area contributed by atoms with Crippen LogP contribution < -0.4 is 0 Å². The van der Waals surface area contributed by atoms with Gasteiger partial charge >= 0.3 is 0 Å². The summed E-state index contributed by atoms with van der Waals surface area (Å²) >= 11 is 0. The highest BCUT2D eigenvalue weighted by Crippen LogP contribution is 2.19. The summed E-state index contributed by atoms with van der Waals surface area (Å²) in [4.78, 5) is 0. The minimum Gasteiger partial charge on any atom is -0.469 e. The Hall–Kier alpha value is -2.01. The van der Waals surface area contributed by atoms with E-state index in [1.807, 2.05) is 42.5 Å². The average Bonchev–Trinajstić information content (AvgIpc) is 2.80. The molecule has 1 heterocycles. The molecular weight excluding hydrogens is 186 g/mol. The van der Waals surface area contributed by atoms with Gasteiger partial charge in [-0.25, -0.2) is 0 Å². The van der Waals surface area contributed by atoms with E-state index in [9.17, 15) is 0 Å². The maximum atomic E-state index is 9.09. The molecule has 0 amide bonds. The molecule has 0 unspecified atom stereocenters. The first kappa shape index (κ1) is 9.54. The molecule has 15 heavy (non-hydrogen) atoms. The number of nitrogens with zero attached hydrogens (tertiary/aromatic N) is 1. The van der Waals surface area contributed by atoms with Crippen LogP contribution in [0.4, 0.5) is 0 Å². The van der Waals surface area contributed by atoms with Crippen LogP contribution in [0, 0.1) is 11.3 Å². The van der Waals surface area contributed by atoms with Crippen molar-refractivity contribution in [2.75, 3.05) is 0 Å². The van der Waals surface area contributed by atoms with Crippen LogP contribution in [0.15, 0.2) is 53.1 Å². The topological polar surface area (TPSA) is 36.9 Å². The Bertz CT molecular complexity index is 439. The summed E-state index contributed by atoms with van der Waals surface area (Å²) in [6.07, 6.45) is 2.27. The standard InChI is InChI=1S/C13H11NO/c14-10-12(9-13-7-4-8-15-13)11-5-2-1-3-6-11/h1-8,12H,9H2/t12-/m0/s1. The molecule has 74 valence electrons. The summed E-state index contributed by atoms with van der Waals surface area (Å²) in [5.41, 5.74) is 1.04.